The lowest BCUT2D eigenvalue weighted by Gasteiger charge is -2.13. The lowest BCUT2D eigenvalue weighted by Crippen LogP contribution is -2.30. The lowest BCUT2D eigenvalue weighted by atomic mass is 10.1. The summed E-state index contributed by atoms with van der Waals surface area (Å²) in [4.78, 5) is 11.6. The molecule has 0 aromatic heterocycles. The largest absolute Gasteiger partial charge is 0.356 e. The average Bonchev–Trinajstić information content (AvgIpc) is 2.43. The Morgan fingerprint density at radius 3 is 2.48 bits per heavy atom. The molecular formula is C15H24N2O3S. The van der Waals surface area contributed by atoms with Gasteiger partial charge in [-0.1, -0.05) is 30.3 Å². The molecule has 1 aromatic carbocycles. The van der Waals surface area contributed by atoms with E-state index in [-0.39, 0.29) is 5.91 Å². The normalized spacial score (nSPS) is 11.6. The summed E-state index contributed by atoms with van der Waals surface area (Å²) in [6.07, 6.45) is 4.00. The maximum Gasteiger partial charge on any atom is 0.220 e. The third-order valence-electron chi connectivity index (χ3n) is 3.25. The van der Waals surface area contributed by atoms with Crippen LogP contribution in [0, 0.1) is 0 Å². The third-order valence-corrected chi connectivity index (χ3v) is 4.57. The number of carbonyl (C=O) groups excluding carboxylic acids is 1. The van der Waals surface area contributed by atoms with Gasteiger partial charge in [0.15, 0.2) is 0 Å². The molecule has 5 nitrogen and oxygen atoms in total. The quantitative estimate of drug-likeness (QED) is 0.701. The second kappa shape index (κ2) is 8.79. The van der Waals surface area contributed by atoms with E-state index in [2.05, 4.69) is 17.4 Å². The number of nitrogens with zero attached hydrogens (tertiary/aromatic N) is 1. The van der Waals surface area contributed by atoms with E-state index in [1.54, 1.807) is 0 Å². The number of nitrogens with one attached hydrogen (secondary N) is 1. The van der Waals surface area contributed by atoms with Crippen LogP contribution in [0.5, 0.6) is 0 Å². The van der Waals surface area contributed by atoms with E-state index in [0.29, 0.717) is 25.9 Å². The second-order valence-electron chi connectivity index (χ2n) is 5.13. The number of hydrogen-bond donors (Lipinski definition) is 1. The van der Waals surface area contributed by atoms with Crippen molar-refractivity contribution < 1.29 is 13.2 Å². The van der Waals surface area contributed by atoms with Crippen LogP contribution in [-0.4, -0.2) is 45.0 Å². The Bertz CT molecular complexity index is 529. The molecule has 0 saturated carbocycles. The molecule has 0 fully saturated rings. The van der Waals surface area contributed by atoms with Crippen LogP contribution >= 0.6 is 0 Å². The summed E-state index contributed by atoms with van der Waals surface area (Å²) in [7, 11) is -1.59. The summed E-state index contributed by atoms with van der Waals surface area (Å²) in [5.41, 5.74) is 1.24. The van der Waals surface area contributed by atoms with Gasteiger partial charge < -0.3 is 5.32 Å². The van der Waals surface area contributed by atoms with Crippen molar-refractivity contribution in [1.29, 1.82) is 0 Å². The van der Waals surface area contributed by atoms with Crippen molar-refractivity contribution in [3.05, 3.63) is 35.9 Å². The molecule has 1 rings (SSSR count). The summed E-state index contributed by atoms with van der Waals surface area (Å²) in [6, 6.07) is 10.1. The van der Waals surface area contributed by atoms with Crippen LogP contribution in [0.2, 0.25) is 0 Å². The summed E-state index contributed by atoms with van der Waals surface area (Å²) in [5, 5.41) is 2.82. The number of aryl methyl sites for hydroxylation is 1. The molecule has 0 atom stereocenters. The Hall–Kier alpha value is -1.40. The molecule has 0 radical (unpaired) electrons. The molecule has 0 saturated heterocycles. The van der Waals surface area contributed by atoms with E-state index >= 15 is 0 Å². The van der Waals surface area contributed by atoms with Gasteiger partial charge in [-0.3, -0.25) is 4.79 Å². The van der Waals surface area contributed by atoms with E-state index in [4.69, 9.17) is 0 Å². The van der Waals surface area contributed by atoms with Gasteiger partial charge in [0.1, 0.15) is 0 Å². The molecule has 0 bridgehead atoms. The molecule has 1 N–H and O–H groups in total. The van der Waals surface area contributed by atoms with Gasteiger partial charge in [0.2, 0.25) is 15.9 Å². The van der Waals surface area contributed by atoms with Gasteiger partial charge in [-0.15, -0.1) is 0 Å². The van der Waals surface area contributed by atoms with Crippen LogP contribution in [0.3, 0.4) is 0 Å². The fourth-order valence-electron chi connectivity index (χ4n) is 1.88. The number of amides is 1. The molecular weight excluding hydrogens is 288 g/mol. The van der Waals surface area contributed by atoms with E-state index in [9.17, 15) is 13.2 Å². The van der Waals surface area contributed by atoms with E-state index in [1.807, 2.05) is 18.2 Å². The van der Waals surface area contributed by atoms with Crippen molar-refractivity contribution in [2.75, 3.05) is 26.4 Å². The number of benzene rings is 1. The third kappa shape index (κ3) is 7.82. The first kappa shape index (κ1) is 17.7. The van der Waals surface area contributed by atoms with Crippen LogP contribution in [0.4, 0.5) is 0 Å². The van der Waals surface area contributed by atoms with Crippen LogP contribution in [-0.2, 0) is 21.2 Å². The first-order valence-electron chi connectivity index (χ1n) is 7.11. The first-order valence-corrected chi connectivity index (χ1v) is 8.96. The molecule has 0 aliphatic carbocycles. The van der Waals surface area contributed by atoms with Crippen molar-refractivity contribution in [2.24, 2.45) is 0 Å². The first-order chi connectivity index (χ1) is 9.89. The van der Waals surface area contributed by atoms with E-state index < -0.39 is 10.0 Å². The van der Waals surface area contributed by atoms with Gasteiger partial charge in [-0.2, -0.15) is 0 Å². The summed E-state index contributed by atoms with van der Waals surface area (Å²) in [5.74, 6) is 0.0212. The molecule has 21 heavy (non-hydrogen) atoms. The molecule has 0 aliphatic rings. The minimum atomic E-state index is -3.13. The standard InChI is InChI=1S/C15H24N2O3S/c1-17(21(2,19)20)13-7-12-16-15(18)11-6-10-14-8-4-3-5-9-14/h3-5,8-9H,6-7,10-13H2,1-2H3,(H,16,18). The highest BCUT2D eigenvalue weighted by Crippen LogP contribution is 2.04. The van der Waals surface area contributed by atoms with Crippen molar-refractivity contribution in [1.82, 2.24) is 9.62 Å². The van der Waals surface area contributed by atoms with Crippen LogP contribution in [0.1, 0.15) is 24.8 Å². The highest BCUT2D eigenvalue weighted by Gasteiger charge is 2.09. The highest BCUT2D eigenvalue weighted by molar-refractivity contribution is 7.88. The van der Waals surface area contributed by atoms with E-state index in [1.165, 1.54) is 23.2 Å². The Morgan fingerprint density at radius 1 is 1.19 bits per heavy atom. The Balaban J connectivity index is 2.09. The molecule has 0 aliphatic heterocycles. The minimum absolute atomic E-state index is 0.0212. The summed E-state index contributed by atoms with van der Waals surface area (Å²) in [6.45, 7) is 0.924. The molecule has 1 aromatic rings. The highest BCUT2D eigenvalue weighted by atomic mass is 32.2. The SMILES string of the molecule is CN(CCCNC(=O)CCCc1ccccc1)S(C)(=O)=O. The van der Waals surface area contributed by atoms with Crippen molar-refractivity contribution >= 4 is 15.9 Å². The maximum absolute atomic E-state index is 11.6. The number of carbonyl (C=O) groups is 1. The zero-order valence-electron chi connectivity index (χ0n) is 12.7. The van der Waals surface area contributed by atoms with Crippen molar-refractivity contribution in [2.45, 2.75) is 25.7 Å². The monoisotopic (exact) mass is 312 g/mol. The lowest BCUT2D eigenvalue weighted by molar-refractivity contribution is -0.121. The number of sulfonamides is 1. The summed E-state index contributed by atoms with van der Waals surface area (Å²) >= 11 is 0. The molecule has 118 valence electrons. The Labute approximate surface area is 127 Å². The van der Waals surface area contributed by atoms with E-state index in [0.717, 1.165) is 12.8 Å². The van der Waals surface area contributed by atoms with Crippen LogP contribution in [0.25, 0.3) is 0 Å². The molecule has 0 spiro atoms. The zero-order chi connectivity index (χ0) is 15.7. The molecule has 0 heterocycles. The molecule has 6 heteroatoms. The number of hydrogen-bond acceptors (Lipinski definition) is 3. The van der Waals surface area contributed by atoms with Gasteiger partial charge in [-0.25, -0.2) is 12.7 Å². The topological polar surface area (TPSA) is 66.5 Å². The Morgan fingerprint density at radius 2 is 1.86 bits per heavy atom. The van der Waals surface area contributed by atoms with Gasteiger partial charge in [0, 0.05) is 26.6 Å². The van der Waals surface area contributed by atoms with Gasteiger partial charge in [0.25, 0.3) is 0 Å². The van der Waals surface area contributed by atoms with Gasteiger partial charge in [0.05, 0.1) is 6.26 Å². The fourth-order valence-corrected chi connectivity index (χ4v) is 2.34. The fraction of sp³-hybridized carbons (Fsp3) is 0.533. The summed E-state index contributed by atoms with van der Waals surface area (Å²) < 4.78 is 23.6. The van der Waals surface area contributed by atoms with Gasteiger partial charge >= 0.3 is 0 Å². The predicted octanol–water partition coefficient (Wildman–Crippen LogP) is 1.41. The average molecular weight is 312 g/mol. The predicted molar refractivity (Wildman–Crippen MR) is 84.5 cm³/mol. The molecule has 0 unspecified atom stereocenters. The van der Waals surface area contributed by atoms with Crippen LogP contribution in [0.15, 0.2) is 30.3 Å². The van der Waals surface area contributed by atoms with Crippen molar-refractivity contribution in [3.8, 4) is 0 Å². The van der Waals surface area contributed by atoms with Crippen molar-refractivity contribution in [3.63, 3.8) is 0 Å². The second-order valence-corrected chi connectivity index (χ2v) is 7.22. The number of rotatable bonds is 9. The molecule has 1 amide bonds. The van der Waals surface area contributed by atoms with Gasteiger partial charge in [-0.05, 0) is 24.8 Å². The zero-order valence-corrected chi connectivity index (χ0v) is 13.5. The smallest absolute Gasteiger partial charge is 0.220 e. The Kier molecular flexibility index (Phi) is 7.39. The maximum atomic E-state index is 11.6. The van der Waals surface area contributed by atoms with Crippen LogP contribution < -0.4 is 5.32 Å². The minimum Gasteiger partial charge on any atom is -0.356 e.